The van der Waals surface area contributed by atoms with Crippen LogP contribution < -0.4 is 0 Å². The van der Waals surface area contributed by atoms with Crippen LogP contribution in [0.3, 0.4) is 0 Å². The van der Waals surface area contributed by atoms with E-state index in [1.165, 1.54) is 0 Å². The maximum absolute atomic E-state index is 13.3. The van der Waals surface area contributed by atoms with Gasteiger partial charge in [0.2, 0.25) is 0 Å². The van der Waals surface area contributed by atoms with Crippen molar-refractivity contribution >= 4 is 5.91 Å². The molecule has 146 valence electrons. The average molecular weight is 377 g/mol. The van der Waals surface area contributed by atoms with E-state index in [0.29, 0.717) is 11.4 Å². The first kappa shape index (κ1) is 19.8. The molecule has 0 saturated heterocycles. The third kappa shape index (κ3) is 4.28. The molecule has 0 radical (unpaired) electrons. The number of benzene rings is 2. The standard InChI is InChI=1S/C22H27N5O/c1-16-23-21(24-27(16)5)18-12-9-13-19(14-18)22(28)26(4)20(15-25(2)3)17-10-7-6-8-11-17/h6-14,20H,15H2,1-5H3/t20-/m1/s1. The van der Waals surface area contributed by atoms with E-state index in [1.807, 2.05) is 82.5 Å². The van der Waals surface area contributed by atoms with Gasteiger partial charge in [-0.25, -0.2) is 4.98 Å². The van der Waals surface area contributed by atoms with E-state index in [2.05, 4.69) is 27.1 Å². The molecule has 0 aliphatic carbocycles. The quantitative estimate of drug-likeness (QED) is 0.662. The van der Waals surface area contributed by atoms with E-state index in [9.17, 15) is 4.79 Å². The lowest BCUT2D eigenvalue weighted by Gasteiger charge is -2.31. The highest BCUT2D eigenvalue weighted by Crippen LogP contribution is 2.24. The third-order valence-corrected chi connectivity index (χ3v) is 4.86. The monoisotopic (exact) mass is 377 g/mol. The maximum Gasteiger partial charge on any atom is 0.254 e. The van der Waals surface area contributed by atoms with Gasteiger partial charge in [0.25, 0.3) is 5.91 Å². The predicted molar refractivity (Wildman–Crippen MR) is 111 cm³/mol. The molecule has 1 heterocycles. The zero-order valence-corrected chi connectivity index (χ0v) is 17.1. The molecule has 0 unspecified atom stereocenters. The molecule has 0 N–H and O–H groups in total. The number of carbonyl (C=O) groups excluding carboxylic acids is 1. The van der Waals surface area contributed by atoms with Gasteiger partial charge in [0, 0.05) is 31.8 Å². The van der Waals surface area contributed by atoms with Crippen molar-refractivity contribution in [2.24, 2.45) is 7.05 Å². The molecule has 0 aliphatic rings. The van der Waals surface area contributed by atoms with Gasteiger partial charge < -0.3 is 9.80 Å². The summed E-state index contributed by atoms with van der Waals surface area (Å²) in [5.74, 6) is 1.44. The molecular formula is C22H27N5O. The molecule has 0 fully saturated rings. The highest BCUT2D eigenvalue weighted by Gasteiger charge is 2.23. The van der Waals surface area contributed by atoms with E-state index < -0.39 is 0 Å². The van der Waals surface area contributed by atoms with Crippen molar-refractivity contribution in [3.63, 3.8) is 0 Å². The smallest absolute Gasteiger partial charge is 0.254 e. The summed E-state index contributed by atoms with van der Waals surface area (Å²) in [7, 11) is 7.76. The fourth-order valence-corrected chi connectivity index (χ4v) is 3.19. The Morgan fingerprint density at radius 1 is 1.07 bits per heavy atom. The molecule has 1 aromatic heterocycles. The average Bonchev–Trinajstić information content (AvgIpc) is 3.04. The summed E-state index contributed by atoms with van der Waals surface area (Å²) in [6.45, 7) is 2.65. The Kier molecular flexibility index (Phi) is 5.90. The highest BCUT2D eigenvalue weighted by atomic mass is 16.2. The molecule has 0 bridgehead atoms. The van der Waals surface area contributed by atoms with Gasteiger partial charge in [-0.2, -0.15) is 5.10 Å². The number of hydrogen-bond donors (Lipinski definition) is 0. The number of hydrogen-bond acceptors (Lipinski definition) is 4. The van der Waals surface area contributed by atoms with Gasteiger partial charge in [0.15, 0.2) is 5.82 Å². The second-order valence-corrected chi connectivity index (χ2v) is 7.29. The second kappa shape index (κ2) is 8.35. The molecule has 3 rings (SSSR count). The molecule has 0 saturated carbocycles. The Morgan fingerprint density at radius 2 is 1.79 bits per heavy atom. The van der Waals surface area contributed by atoms with E-state index in [4.69, 9.17) is 0 Å². The minimum Gasteiger partial charge on any atom is -0.333 e. The van der Waals surface area contributed by atoms with Crippen LogP contribution in [0, 0.1) is 6.92 Å². The summed E-state index contributed by atoms with van der Waals surface area (Å²) >= 11 is 0. The Morgan fingerprint density at radius 3 is 2.39 bits per heavy atom. The SMILES string of the molecule is Cc1nc(-c2cccc(C(=O)N(C)[C@H](CN(C)C)c3ccccc3)c2)nn1C. The lowest BCUT2D eigenvalue weighted by Crippen LogP contribution is -2.37. The molecule has 28 heavy (non-hydrogen) atoms. The van der Waals surface area contributed by atoms with Crippen LogP contribution in [-0.4, -0.2) is 58.2 Å². The lowest BCUT2D eigenvalue weighted by molar-refractivity contribution is 0.0705. The number of carbonyl (C=O) groups is 1. The van der Waals surface area contributed by atoms with E-state index in [0.717, 1.165) is 23.5 Å². The van der Waals surface area contributed by atoms with Crippen molar-refractivity contribution < 1.29 is 4.79 Å². The summed E-state index contributed by atoms with van der Waals surface area (Å²) in [4.78, 5) is 21.6. The minimum absolute atomic E-state index is 0.0230. The van der Waals surface area contributed by atoms with Gasteiger partial charge in [-0.05, 0) is 38.7 Å². The summed E-state index contributed by atoms with van der Waals surface area (Å²) in [5, 5.41) is 4.42. The Labute approximate surface area is 166 Å². The van der Waals surface area contributed by atoms with Crippen LogP contribution in [-0.2, 0) is 7.05 Å². The summed E-state index contributed by atoms with van der Waals surface area (Å²) in [6.07, 6.45) is 0. The van der Waals surface area contributed by atoms with E-state index in [-0.39, 0.29) is 11.9 Å². The minimum atomic E-state index is -0.0393. The van der Waals surface area contributed by atoms with Crippen molar-refractivity contribution in [1.82, 2.24) is 24.6 Å². The van der Waals surface area contributed by atoms with Crippen molar-refractivity contribution in [3.8, 4) is 11.4 Å². The fraction of sp³-hybridized carbons (Fsp3) is 0.318. The topological polar surface area (TPSA) is 54.3 Å². The molecule has 0 aliphatic heterocycles. The number of amides is 1. The van der Waals surface area contributed by atoms with Crippen molar-refractivity contribution in [1.29, 1.82) is 0 Å². The number of likely N-dealkylation sites (N-methyl/N-ethyl adjacent to an activating group) is 2. The van der Waals surface area contributed by atoms with E-state index in [1.54, 1.807) is 4.68 Å². The number of aryl methyl sites for hydroxylation is 2. The molecule has 1 atom stereocenters. The largest absolute Gasteiger partial charge is 0.333 e. The normalized spacial score (nSPS) is 12.2. The summed E-state index contributed by atoms with van der Waals surface area (Å²) in [5.41, 5.74) is 2.59. The van der Waals surface area contributed by atoms with Crippen LogP contribution in [0.1, 0.15) is 27.8 Å². The van der Waals surface area contributed by atoms with Gasteiger partial charge >= 0.3 is 0 Å². The first-order valence-corrected chi connectivity index (χ1v) is 9.31. The maximum atomic E-state index is 13.3. The first-order valence-electron chi connectivity index (χ1n) is 9.31. The zero-order valence-electron chi connectivity index (χ0n) is 17.1. The molecule has 1 amide bonds. The first-order chi connectivity index (χ1) is 13.4. The van der Waals surface area contributed by atoms with Gasteiger partial charge in [0.05, 0.1) is 6.04 Å². The fourth-order valence-electron chi connectivity index (χ4n) is 3.19. The van der Waals surface area contributed by atoms with Crippen LogP contribution in [0.4, 0.5) is 0 Å². The van der Waals surface area contributed by atoms with Crippen LogP contribution >= 0.6 is 0 Å². The Balaban J connectivity index is 1.90. The lowest BCUT2D eigenvalue weighted by atomic mass is 10.0. The summed E-state index contributed by atoms with van der Waals surface area (Å²) in [6, 6.07) is 17.6. The van der Waals surface area contributed by atoms with Gasteiger partial charge in [-0.1, -0.05) is 42.5 Å². The van der Waals surface area contributed by atoms with Crippen molar-refractivity contribution in [2.75, 3.05) is 27.7 Å². The molecule has 6 heteroatoms. The summed E-state index contributed by atoms with van der Waals surface area (Å²) < 4.78 is 1.73. The van der Waals surface area contributed by atoms with Crippen molar-refractivity contribution in [3.05, 3.63) is 71.5 Å². The van der Waals surface area contributed by atoms with Crippen LogP contribution in [0.15, 0.2) is 54.6 Å². The zero-order chi connectivity index (χ0) is 20.3. The van der Waals surface area contributed by atoms with E-state index >= 15 is 0 Å². The van der Waals surface area contributed by atoms with Crippen LogP contribution in [0.25, 0.3) is 11.4 Å². The second-order valence-electron chi connectivity index (χ2n) is 7.29. The van der Waals surface area contributed by atoms with Gasteiger partial charge in [-0.3, -0.25) is 9.48 Å². The number of nitrogens with zero attached hydrogens (tertiary/aromatic N) is 5. The predicted octanol–water partition coefficient (Wildman–Crippen LogP) is 3.17. The Hall–Kier alpha value is -2.99. The molecule has 3 aromatic rings. The van der Waals surface area contributed by atoms with Crippen LogP contribution in [0.5, 0.6) is 0 Å². The number of aromatic nitrogens is 3. The molecular weight excluding hydrogens is 350 g/mol. The highest BCUT2D eigenvalue weighted by molar-refractivity contribution is 5.95. The third-order valence-electron chi connectivity index (χ3n) is 4.86. The van der Waals surface area contributed by atoms with Crippen molar-refractivity contribution in [2.45, 2.75) is 13.0 Å². The molecule has 0 spiro atoms. The Bertz CT molecular complexity index is 929. The number of rotatable bonds is 6. The van der Waals surface area contributed by atoms with Gasteiger partial charge in [0.1, 0.15) is 5.82 Å². The molecule has 2 aromatic carbocycles. The van der Waals surface area contributed by atoms with Gasteiger partial charge in [-0.15, -0.1) is 0 Å². The molecule has 6 nitrogen and oxygen atoms in total. The van der Waals surface area contributed by atoms with Crippen LogP contribution in [0.2, 0.25) is 0 Å².